The molecule has 28 heavy (non-hydrogen) atoms. The molecule has 1 aliphatic rings. The van der Waals surface area contributed by atoms with Gasteiger partial charge in [-0.25, -0.2) is 4.79 Å². The van der Waals surface area contributed by atoms with E-state index in [1.54, 1.807) is 24.3 Å². The fraction of sp³-hybridized carbons (Fsp3) is 0.130. The Morgan fingerprint density at radius 2 is 1.79 bits per heavy atom. The second kappa shape index (κ2) is 7.75. The summed E-state index contributed by atoms with van der Waals surface area (Å²) in [5.41, 5.74) is 4.31. The van der Waals surface area contributed by atoms with Gasteiger partial charge in [0.05, 0.1) is 17.7 Å². The smallest absolute Gasteiger partial charge is 0.313 e. The van der Waals surface area contributed by atoms with Crippen LogP contribution in [0.1, 0.15) is 28.3 Å². The third-order valence-electron chi connectivity index (χ3n) is 4.99. The number of rotatable bonds is 2. The molecule has 1 unspecified atom stereocenters. The summed E-state index contributed by atoms with van der Waals surface area (Å²) >= 11 is 6.50. The molecule has 3 aromatic rings. The molecular weight excluding hydrogens is 370 g/mol. The van der Waals surface area contributed by atoms with Gasteiger partial charge in [0.15, 0.2) is 0 Å². The maximum absolute atomic E-state index is 13.2. The van der Waals surface area contributed by atoms with Crippen molar-refractivity contribution in [3.8, 4) is 6.07 Å². The van der Waals surface area contributed by atoms with Gasteiger partial charge in [-0.15, -0.1) is 0 Å². The molecule has 1 aliphatic heterocycles. The standard InChI is InChI=1S/C23H18ClN3O/c24-21-11-4-3-10-20(21)22-19-9-2-1-7-17(19)12-13-27(22)23(28)26-18-8-5-6-16(14-18)15-25/h1-11,14,22H,12-13H2,(H,26,28). The third-order valence-corrected chi connectivity index (χ3v) is 5.33. The summed E-state index contributed by atoms with van der Waals surface area (Å²) in [7, 11) is 0. The predicted molar refractivity (Wildman–Crippen MR) is 110 cm³/mol. The summed E-state index contributed by atoms with van der Waals surface area (Å²) in [6.45, 7) is 0.580. The molecule has 4 nitrogen and oxygen atoms in total. The average Bonchev–Trinajstić information content (AvgIpc) is 2.73. The third kappa shape index (κ3) is 3.45. The second-order valence-corrected chi connectivity index (χ2v) is 7.10. The number of carbonyl (C=O) groups is 1. The molecule has 0 saturated heterocycles. The number of hydrogen-bond donors (Lipinski definition) is 1. The van der Waals surface area contributed by atoms with Gasteiger partial charge in [-0.05, 0) is 47.4 Å². The molecule has 1 N–H and O–H groups in total. The minimum Gasteiger partial charge on any atom is -0.313 e. The molecule has 2 amide bonds. The van der Waals surface area contributed by atoms with Crippen molar-refractivity contribution in [2.24, 2.45) is 0 Å². The maximum Gasteiger partial charge on any atom is 0.322 e. The summed E-state index contributed by atoms with van der Waals surface area (Å²) in [5, 5.41) is 12.6. The molecule has 0 spiro atoms. The lowest BCUT2D eigenvalue weighted by atomic mass is 9.88. The second-order valence-electron chi connectivity index (χ2n) is 6.69. The van der Waals surface area contributed by atoms with Gasteiger partial charge < -0.3 is 10.2 Å². The molecule has 4 rings (SSSR count). The molecule has 138 valence electrons. The number of nitrogens with one attached hydrogen (secondary N) is 1. The Hall–Kier alpha value is -3.29. The number of benzene rings is 3. The SMILES string of the molecule is N#Cc1cccc(NC(=O)N2CCc3ccccc3C2c2ccccc2Cl)c1. The maximum atomic E-state index is 13.2. The molecule has 1 heterocycles. The summed E-state index contributed by atoms with van der Waals surface area (Å²) in [6.07, 6.45) is 0.781. The number of carbonyl (C=O) groups excluding carboxylic acids is 1. The van der Waals surface area contributed by atoms with Crippen LogP contribution in [0.3, 0.4) is 0 Å². The first-order valence-electron chi connectivity index (χ1n) is 9.07. The fourth-order valence-electron chi connectivity index (χ4n) is 3.68. The largest absolute Gasteiger partial charge is 0.322 e. The summed E-state index contributed by atoms with van der Waals surface area (Å²) in [5.74, 6) is 0. The Morgan fingerprint density at radius 3 is 2.57 bits per heavy atom. The van der Waals surface area contributed by atoms with Crippen LogP contribution in [0, 0.1) is 11.3 Å². The van der Waals surface area contributed by atoms with E-state index < -0.39 is 0 Å². The first-order chi connectivity index (χ1) is 13.7. The number of hydrogen-bond acceptors (Lipinski definition) is 2. The zero-order valence-electron chi connectivity index (χ0n) is 15.1. The van der Waals surface area contributed by atoms with Gasteiger partial charge in [-0.2, -0.15) is 5.26 Å². The highest BCUT2D eigenvalue weighted by Gasteiger charge is 2.33. The van der Waals surface area contributed by atoms with Gasteiger partial charge >= 0.3 is 6.03 Å². The van der Waals surface area contributed by atoms with Crippen LogP contribution in [0.4, 0.5) is 10.5 Å². The van der Waals surface area contributed by atoms with Crippen molar-refractivity contribution >= 4 is 23.3 Å². The first kappa shape index (κ1) is 18.1. The molecule has 5 heteroatoms. The van der Waals surface area contributed by atoms with Crippen molar-refractivity contribution in [1.29, 1.82) is 5.26 Å². The quantitative estimate of drug-likeness (QED) is 0.640. The van der Waals surface area contributed by atoms with Gasteiger partial charge in [0, 0.05) is 17.3 Å². The number of amides is 2. The summed E-state index contributed by atoms with van der Waals surface area (Å²) in [4.78, 5) is 15.0. The molecule has 0 saturated carbocycles. The number of halogens is 1. The van der Waals surface area contributed by atoms with Gasteiger partial charge in [0.1, 0.15) is 0 Å². The zero-order valence-corrected chi connectivity index (χ0v) is 15.9. The highest BCUT2D eigenvalue weighted by molar-refractivity contribution is 6.31. The number of urea groups is 1. The molecule has 0 aromatic heterocycles. The Morgan fingerprint density at radius 1 is 1.04 bits per heavy atom. The number of anilines is 1. The van der Waals surface area contributed by atoms with Crippen molar-refractivity contribution in [2.75, 3.05) is 11.9 Å². The summed E-state index contributed by atoms with van der Waals surface area (Å²) in [6, 6.07) is 24.3. The van der Waals surface area contributed by atoms with E-state index in [2.05, 4.69) is 23.5 Å². The van der Waals surface area contributed by atoms with Gasteiger partial charge in [-0.3, -0.25) is 0 Å². The highest BCUT2D eigenvalue weighted by Crippen LogP contribution is 2.38. The van der Waals surface area contributed by atoms with Crippen LogP contribution < -0.4 is 5.32 Å². The van der Waals surface area contributed by atoms with Crippen LogP contribution in [0.5, 0.6) is 0 Å². The normalized spacial score (nSPS) is 15.4. The molecule has 1 atom stereocenters. The van der Waals surface area contributed by atoms with Crippen LogP contribution in [0.15, 0.2) is 72.8 Å². The van der Waals surface area contributed by atoms with E-state index in [-0.39, 0.29) is 12.1 Å². The van der Waals surface area contributed by atoms with E-state index >= 15 is 0 Å². The number of nitriles is 1. The Kier molecular flexibility index (Phi) is 5.01. The lowest BCUT2D eigenvalue weighted by Crippen LogP contribution is -2.43. The van der Waals surface area contributed by atoms with Crippen LogP contribution in [0.25, 0.3) is 0 Å². The molecule has 3 aromatic carbocycles. The van der Waals surface area contributed by atoms with Gasteiger partial charge in [-0.1, -0.05) is 60.1 Å². The molecular formula is C23H18ClN3O. The minimum absolute atomic E-state index is 0.213. The van der Waals surface area contributed by atoms with E-state index in [1.165, 1.54) is 5.56 Å². The lowest BCUT2D eigenvalue weighted by Gasteiger charge is -2.38. The Labute approximate surface area is 169 Å². The van der Waals surface area contributed by atoms with Crippen molar-refractivity contribution < 1.29 is 4.79 Å². The van der Waals surface area contributed by atoms with Crippen molar-refractivity contribution in [1.82, 2.24) is 4.90 Å². The van der Waals surface area contributed by atoms with E-state index in [0.717, 1.165) is 17.5 Å². The average molecular weight is 388 g/mol. The molecule has 0 aliphatic carbocycles. The lowest BCUT2D eigenvalue weighted by molar-refractivity contribution is 0.194. The Balaban J connectivity index is 1.71. The van der Waals surface area contributed by atoms with Crippen LogP contribution in [0.2, 0.25) is 5.02 Å². The van der Waals surface area contributed by atoms with Crippen LogP contribution >= 0.6 is 11.6 Å². The Bertz CT molecular complexity index is 1070. The first-order valence-corrected chi connectivity index (χ1v) is 9.45. The van der Waals surface area contributed by atoms with Crippen LogP contribution in [-0.2, 0) is 6.42 Å². The monoisotopic (exact) mass is 387 g/mol. The number of fused-ring (bicyclic) bond motifs is 1. The van der Waals surface area contributed by atoms with Gasteiger partial charge in [0.25, 0.3) is 0 Å². The van der Waals surface area contributed by atoms with Crippen molar-refractivity contribution in [3.05, 3.63) is 100 Å². The van der Waals surface area contributed by atoms with Crippen LogP contribution in [-0.4, -0.2) is 17.5 Å². The van der Waals surface area contributed by atoms with E-state index in [4.69, 9.17) is 16.9 Å². The summed E-state index contributed by atoms with van der Waals surface area (Å²) < 4.78 is 0. The predicted octanol–water partition coefficient (Wildman–Crippen LogP) is 5.39. The van der Waals surface area contributed by atoms with E-state index in [0.29, 0.717) is 22.8 Å². The highest BCUT2D eigenvalue weighted by atomic mass is 35.5. The van der Waals surface area contributed by atoms with Gasteiger partial charge in [0.2, 0.25) is 0 Å². The molecule has 0 bridgehead atoms. The molecule has 0 fully saturated rings. The minimum atomic E-state index is -0.266. The van der Waals surface area contributed by atoms with E-state index in [1.807, 2.05) is 41.3 Å². The number of nitrogens with zero attached hydrogens (tertiary/aromatic N) is 2. The van der Waals surface area contributed by atoms with E-state index in [9.17, 15) is 4.79 Å². The molecule has 0 radical (unpaired) electrons. The zero-order chi connectivity index (χ0) is 19.5. The fourth-order valence-corrected chi connectivity index (χ4v) is 3.92. The van der Waals surface area contributed by atoms with Crippen molar-refractivity contribution in [3.63, 3.8) is 0 Å². The van der Waals surface area contributed by atoms with Crippen molar-refractivity contribution in [2.45, 2.75) is 12.5 Å². The topological polar surface area (TPSA) is 56.1 Å².